The first-order valence-corrected chi connectivity index (χ1v) is 7.34. The van der Waals surface area contributed by atoms with Crippen LogP contribution in [0, 0.1) is 0 Å². The summed E-state index contributed by atoms with van der Waals surface area (Å²) in [5, 5.41) is 6.25. The second kappa shape index (κ2) is 7.60. The van der Waals surface area contributed by atoms with E-state index in [1.54, 1.807) is 0 Å². The average Bonchev–Trinajstić information content (AvgIpc) is 2.48. The molecule has 0 heterocycles. The number of carbonyl (C=O) groups excluding carboxylic acids is 1. The minimum atomic E-state index is 0.0338. The van der Waals surface area contributed by atoms with Crippen LogP contribution in [0.3, 0.4) is 0 Å². The normalized spacial score (nSPS) is 10.6. The first-order chi connectivity index (χ1) is 10.2. The van der Waals surface area contributed by atoms with E-state index in [0.717, 1.165) is 16.8 Å². The highest BCUT2D eigenvalue weighted by Crippen LogP contribution is 2.27. The van der Waals surface area contributed by atoms with Crippen molar-refractivity contribution >= 4 is 11.6 Å². The third kappa shape index (κ3) is 4.72. The van der Waals surface area contributed by atoms with Gasteiger partial charge in [0.15, 0.2) is 0 Å². The summed E-state index contributed by atoms with van der Waals surface area (Å²) in [6.07, 6.45) is 0.474. The molecule has 2 rings (SSSR count). The van der Waals surface area contributed by atoms with Crippen LogP contribution in [0.5, 0.6) is 0 Å². The molecule has 0 aliphatic rings. The van der Waals surface area contributed by atoms with Gasteiger partial charge in [-0.05, 0) is 11.6 Å². The smallest absolute Gasteiger partial charge is 0.225 e. The van der Waals surface area contributed by atoms with E-state index >= 15 is 0 Å². The van der Waals surface area contributed by atoms with E-state index < -0.39 is 0 Å². The first-order valence-electron chi connectivity index (χ1n) is 7.34. The molecule has 110 valence electrons. The number of para-hydroxylation sites is 1. The molecule has 3 nitrogen and oxygen atoms in total. The van der Waals surface area contributed by atoms with Gasteiger partial charge in [-0.25, -0.2) is 0 Å². The Kier molecular flexibility index (Phi) is 5.52. The summed E-state index contributed by atoms with van der Waals surface area (Å²) in [5.41, 5.74) is 3.01. The molecule has 3 heteroatoms. The molecule has 0 bridgehead atoms. The molecule has 21 heavy (non-hydrogen) atoms. The largest absolute Gasteiger partial charge is 0.325 e. The highest BCUT2D eigenvalue weighted by atomic mass is 16.1. The van der Waals surface area contributed by atoms with Gasteiger partial charge >= 0.3 is 0 Å². The van der Waals surface area contributed by atoms with Crippen LogP contribution >= 0.6 is 0 Å². The SMILES string of the molecule is CC(C)NCCC(=O)Nc1ccccc1-c1ccccc1. The molecule has 0 aliphatic heterocycles. The van der Waals surface area contributed by atoms with E-state index in [2.05, 4.69) is 24.5 Å². The molecule has 2 aromatic carbocycles. The van der Waals surface area contributed by atoms with Crippen LogP contribution in [-0.2, 0) is 4.79 Å². The van der Waals surface area contributed by atoms with Crippen molar-refractivity contribution in [3.8, 4) is 11.1 Å². The number of hydrogen-bond acceptors (Lipinski definition) is 2. The molecule has 0 unspecified atom stereocenters. The Morgan fingerprint density at radius 1 is 1.00 bits per heavy atom. The van der Waals surface area contributed by atoms with Crippen molar-refractivity contribution in [2.75, 3.05) is 11.9 Å². The minimum Gasteiger partial charge on any atom is -0.325 e. The van der Waals surface area contributed by atoms with Crippen molar-refractivity contribution in [2.45, 2.75) is 26.3 Å². The third-order valence-corrected chi connectivity index (χ3v) is 3.19. The van der Waals surface area contributed by atoms with E-state index in [4.69, 9.17) is 0 Å². The van der Waals surface area contributed by atoms with Crippen molar-refractivity contribution in [1.82, 2.24) is 5.32 Å². The summed E-state index contributed by atoms with van der Waals surface area (Å²) in [4.78, 5) is 12.0. The maximum Gasteiger partial charge on any atom is 0.225 e. The van der Waals surface area contributed by atoms with Crippen molar-refractivity contribution < 1.29 is 4.79 Å². The van der Waals surface area contributed by atoms with Gasteiger partial charge in [-0.1, -0.05) is 62.4 Å². The Morgan fingerprint density at radius 3 is 2.38 bits per heavy atom. The molecule has 2 N–H and O–H groups in total. The summed E-state index contributed by atoms with van der Waals surface area (Å²) in [5.74, 6) is 0.0338. The molecule has 0 saturated heterocycles. The number of carbonyl (C=O) groups is 1. The highest BCUT2D eigenvalue weighted by Gasteiger charge is 2.08. The number of amides is 1. The molecular formula is C18H22N2O. The van der Waals surface area contributed by atoms with E-state index in [0.29, 0.717) is 19.0 Å². The van der Waals surface area contributed by atoms with Crippen LogP contribution in [0.4, 0.5) is 5.69 Å². The molecule has 0 aliphatic carbocycles. The number of hydrogen-bond donors (Lipinski definition) is 2. The highest BCUT2D eigenvalue weighted by molar-refractivity contribution is 5.95. The van der Waals surface area contributed by atoms with Crippen LogP contribution in [0.2, 0.25) is 0 Å². The van der Waals surface area contributed by atoms with E-state index in [1.807, 2.05) is 54.6 Å². The minimum absolute atomic E-state index is 0.0338. The van der Waals surface area contributed by atoms with Gasteiger partial charge in [0.25, 0.3) is 0 Å². The van der Waals surface area contributed by atoms with Gasteiger partial charge in [-0.15, -0.1) is 0 Å². The molecule has 0 fully saturated rings. The van der Waals surface area contributed by atoms with Crippen molar-refractivity contribution in [3.05, 3.63) is 54.6 Å². The Labute approximate surface area is 126 Å². The molecule has 0 saturated carbocycles. The first kappa shape index (κ1) is 15.3. The molecule has 0 aromatic heterocycles. The summed E-state index contributed by atoms with van der Waals surface area (Å²) in [7, 11) is 0. The van der Waals surface area contributed by atoms with E-state index in [1.165, 1.54) is 0 Å². The number of rotatable bonds is 6. The summed E-state index contributed by atoms with van der Waals surface area (Å²) in [6.45, 7) is 4.84. The Bertz CT molecular complexity index is 579. The number of nitrogens with one attached hydrogen (secondary N) is 2. The predicted octanol–water partition coefficient (Wildman–Crippen LogP) is 3.68. The monoisotopic (exact) mass is 282 g/mol. The van der Waals surface area contributed by atoms with Gasteiger partial charge in [-0.3, -0.25) is 4.79 Å². The van der Waals surface area contributed by atoms with Gasteiger partial charge in [0.1, 0.15) is 0 Å². The van der Waals surface area contributed by atoms with Crippen LogP contribution in [0.15, 0.2) is 54.6 Å². The Morgan fingerprint density at radius 2 is 1.67 bits per heavy atom. The topological polar surface area (TPSA) is 41.1 Å². The summed E-state index contributed by atoms with van der Waals surface area (Å²) >= 11 is 0. The standard InChI is InChI=1S/C18H22N2O/c1-14(2)19-13-12-18(21)20-17-11-7-6-10-16(17)15-8-4-3-5-9-15/h3-11,14,19H,12-13H2,1-2H3,(H,20,21). The van der Waals surface area contributed by atoms with Crippen LogP contribution in [-0.4, -0.2) is 18.5 Å². The average molecular weight is 282 g/mol. The second-order valence-corrected chi connectivity index (χ2v) is 5.32. The van der Waals surface area contributed by atoms with Crippen LogP contribution < -0.4 is 10.6 Å². The van der Waals surface area contributed by atoms with Gasteiger partial charge in [0.05, 0.1) is 0 Å². The lowest BCUT2D eigenvalue weighted by Gasteiger charge is -2.12. The molecule has 0 spiro atoms. The molecule has 0 radical (unpaired) electrons. The lowest BCUT2D eigenvalue weighted by Crippen LogP contribution is -2.27. The fourth-order valence-electron chi connectivity index (χ4n) is 2.15. The maximum atomic E-state index is 12.0. The number of benzene rings is 2. The molecule has 1 amide bonds. The van der Waals surface area contributed by atoms with Crippen molar-refractivity contribution in [2.24, 2.45) is 0 Å². The molecule has 0 atom stereocenters. The Hall–Kier alpha value is -2.13. The lowest BCUT2D eigenvalue weighted by molar-refractivity contribution is -0.116. The predicted molar refractivity (Wildman–Crippen MR) is 88.3 cm³/mol. The quantitative estimate of drug-likeness (QED) is 0.848. The van der Waals surface area contributed by atoms with Gasteiger partial charge in [-0.2, -0.15) is 0 Å². The van der Waals surface area contributed by atoms with Crippen LogP contribution in [0.25, 0.3) is 11.1 Å². The zero-order valence-electron chi connectivity index (χ0n) is 12.6. The third-order valence-electron chi connectivity index (χ3n) is 3.19. The van der Waals surface area contributed by atoms with Gasteiger partial charge in [0.2, 0.25) is 5.91 Å². The fraction of sp³-hybridized carbons (Fsp3) is 0.278. The Balaban J connectivity index is 2.05. The molecular weight excluding hydrogens is 260 g/mol. The van der Waals surface area contributed by atoms with E-state index in [-0.39, 0.29) is 5.91 Å². The zero-order valence-corrected chi connectivity index (χ0v) is 12.6. The second-order valence-electron chi connectivity index (χ2n) is 5.32. The number of anilines is 1. The van der Waals surface area contributed by atoms with Gasteiger partial charge in [0, 0.05) is 30.3 Å². The maximum absolute atomic E-state index is 12.0. The summed E-state index contributed by atoms with van der Waals surface area (Å²) in [6, 6.07) is 18.4. The molecule has 2 aromatic rings. The fourth-order valence-corrected chi connectivity index (χ4v) is 2.15. The zero-order chi connectivity index (χ0) is 15.1. The van der Waals surface area contributed by atoms with Crippen LogP contribution in [0.1, 0.15) is 20.3 Å². The van der Waals surface area contributed by atoms with Gasteiger partial charge < -0.3 is 10.6 Å². The van der Waals surface area contributed by atoms with E-state index in [9.17, 15) is 4.79 Å². The lowest BCUT2D eigenvalue weighted by atomic mass is 10.0. The van der Waals surface area contributed by atoms with Crippen molar-refractivity contribution in [1.29, 1.82) is 0 Å². The van der Waals surface area contributed by atoms with Crippen molar-refractivity contribution in [3.63, 3.8) is 0 Å². The summed E-state index contributed by atoms with van der Waals surface area (Å²) < 4.78 is 0.